The number of carbonyl (C=O) groups excluding carboxylic acids is 1. The second kappa shape index (κ2) is 5.49. The number of ether oxygens (including phenoxy) is 1. The van der Waals surface area contributed by atoms with Crippen molar-refractivity contribution in [3.8, 4) is 0 Å². The van der Waals surface area contributed by atoms with Gasteiger partial charge in [-0.05, 0) is 18.8 Å². The van der Waals surface area contributed by atoms with E-state index in [0.29, 0.717) is 11.7 Å². The minimum Gasteiger partial charge on any atom is -0.469 e. The standard InChI is InChI=1S/C10H18O3S/c1-8(10(11)13-2)6-14(12)7-9-4-3-5-9/h8-9H,3-7H2,1-2H3. The van der Waals surface area contributed by atoms with Crippen LogP contribution in [0.3, 0.4) is 0 Å². The molecular formula is C10H18O3S. The zero-order chi connectivity index (χ0) is 10.6. The van der Waals surface area contributed by atoms with Gasteiger partial charge in [0.05, 0.1) is 13.0 Å². The largest absolute Gasteiger partial charge is 0.469 e. The number of hydrogen-bond donors (Lipinski definition) is 0. The summed E-state index contributed by atoms with van der Waals surface area (Å²) in [6.07, 6.45) is 3.69. The fourth-order valence-electron chi connectivity index (χ4n) is 1.54. The maximum Gasteiger partial charge on any atom is 0.309 e. The fourth-order valence-corrected chi connectivity index (χ4v) is 3.23. The van der Waals surface area contributed by atoms with Crippen molar-refractivity contribution < 1.29 is 13.7 Å². The van der Waals surface area contributed by atoms with Crippen molar-refractivity contribution in [2.75, 3.05) is 18.6 Å². The number of methoxy groups -OCH3 is 1. The van der Waals surface area contributed by atoms with Crippen LogP contribution in [-0.2, 0) is 20.3 Å². The van der Waals surface area contributed by atoms with Crippen molar-refractivity contribution in [3.05, 3.63) is 0 Å². The maximum atomic E-state index is 11.6. The molecular weight excluding hydrogens is 200 g/mol. The van der Waals surface area contributed by atoms with Crippen LogP contribution in [0.25, 0.3) is 0 Å². The fraction of sp³-hybridized carbons (Fsp3) is 0.900. The summed E-state index contributed by atoms with van der Waals surface area (Å²) in [6.45, 7) is 1.77. The molecule has 1 rings (SSSR count). The summed E-state index contributed by atoms with van der Waals surface area (Å²) in [4.78, 5) is 11.1. The average Bonchev–Trinajstić information content (AvgIpc) is 2.10. The summed E-state index contributed by atoms with van der Waals surface area (Å²) in [5.74, 6) is 1.36. The Kier molecular flexibility index (Phi) is 4.58. The molecule has 3 nitrogen and oxygen atoms in total. The van der Waals surface area contributed by atoms with Gasteiger partial charge in [0, 0.05) is 22.3 Å². The zero-order valence-corrected chi connectivity index (χ0v) is 9.64. The van der Waals surface area contributed by atoms with E-state index in [1.165, 1.54) is 26.4 Å². The quantitative estimate of drug-likeness (QED) is 0.654. The molecule has 0 heterocycles. The van der Waals surface area contributed by atoms with Gasteiger partial charge in [0.15, 0.2) is 0 Å². The monoisotopic (exact) mass is 218 g/mol. The molecule has 2 unspecified atom stereocenters. The predicted octanol–water partition coefficient (Wildman–Crippen LogP) is 1.34. The summed E-state index contributed by atoms with van der Waals surface area (Å²) in [7, 11) is 0.517. The van der Waals surface area contributed by atoms with E-state index >= 15 is 0 Å². The molecule has 0 aromatic heterocycles. The van der Waals surface area contributed by atoms with E-state index in [4.69, 9.17) is 0 Å². The van der Waals surface area contributed by atoms with E-state index in [2.05, 4.69) is 4.74 Å². The molecule has 0 aliphatic heterocycles. The third-order valence-electron chi connectivity index (χ3n) is 2.69. The Bertz CT molecular complexity index is 223. The van der Waals surface area contributed by atoms with E-state index < -0.39 is 10.8 Å². The van der Waals surface area contributed by atoms with Crippen molar-refractivity contribution in [3.63, 3.8) is 0 Å². The molecule has 4 heteroatoms. The SMILES string of the molecule is COC(=O)C(C)CS(=O)CC1CCC1. The normalized spacial score (nSPS) is 21.0. The number of rotatable bonds is 5. The molecule has 0 saturated heterocycles. The summed E-state index contributed by atoms with van der Waals surface area (Å²) >= 11 is 0. The third kappa shape index (κ3) is 3.40. The molecule has 0 spiro atoms. The number of carbonyl (C=O) groups is 1. The van der Waals surface area contributed by atoms with Gasteiger partial charge in [-0.25, -0.2) is 0 Å². The van der Waals surface area contributed by atoms with Gasteiger partial charge in [0.1, 0.15) is 0 Å². The lowest BCUT2D eigenvalue weighted by molar-refractivity contribution is -0.144. The summed E-state index contributed by atoms with van der Waals surface area (Å²) in [5.41, 5.74) is 0. The van der Waals surface area contributed by atoms with Crippen LogP contribution in [0, 0.1) is 11.8 Å². The van der Waals surface area contributed by atoms with Crippen LogP contribution in [0.15, 0.2) is 0 Å². The highest BCUT2D eigenvalue weighted by Crippen LogP contribution is 2.27. The molecule has 0 N–H and O–H groups in total. The smallest absolute Gasteiger partial charge is 0.309 e. The first-order valence-corrected chi connectivity index (χ1v) is 6.55. The molecule has 0 radical (unpaired) electrons. The molecule has 1 aliphatic rings. The highest BCUT2D eigenvalue weighted by molar-refractivity contribution is 7.85. The Balaban J connectivity index is 2.21. The Hall–Kier alpha value is -0.380. The van der Waals surface area contributed by atoms with E-state index in [0.717, 1.165) is 5.75 Å². The van der Waals surface area contributed by atoms with Gasteiger partial charge < -0.3 is 4.74 Å². The van der Waals surface area contributed by atoms with Crippen LogP contribution in [0.4, 0.5) is 0 Å². The summed E-state index contributed by atoms with van der Waals surface area (Å²) < 4.78 is 16.2. The maximum absolute atomic E-state index is 11.6. The molecule has 1 saturated carbocycles. The minimum absolute atomic E-state index is 0.235. The molecule has 1 aliphatic carbocycles. The molecule has 0 amide bonds. The number of esters is 1. The van der Waals surface area contributed by atoms with Crippen LogP contribution >= 0.6 is 0 Å². The van der Waals surface area contributed by atoms with Crippen molar-refractivity contribution in [2.45, 2.75) is 26.2 Å². The summed E-state index contributed by atoms with van der Waals surface area (Å²) in [5, 5.41) is 0. The third-order valence-corrected chi connectivity index (χ3v) is 4.40. The van der Waals surface area contributed by atoms with Crippen molar-refractivity contribution in [1.82, 2.24) is 0 Å². The van der Waals surface area contributed by atoms with Crippen LogP contribution in [-0.4, -0.2) is 28.8 Å². The van der Waals surface area contributed by atoms with Gasteiger partial charge in [-0.3, -0.25) is 9.00 Å². The molecule has 82 valence electrons. The Morgan fingerprint density at radius 2 is 2.21 bits per heavy atom. The average molecular weight is 218 g/mol. The van der Waals surface area contributed by atoms with E-state index in [9.17, 15) is 9.00 Å². The molecule has 2 atom stereocenters. The first kappa shape index (κ1) is 11.7. The van der Waals surface area contributed by atoms with E-state index in [1.807, 2.05) is 0 Å². The summed E-state index contributed by atoms with van der Waals surface area (Å²) in [6, 6.07) is 0. The highest BCUT2D eigenvalue weighted by Gasteiger charge is 2.22. The topological polar surface area (TPSA) is 43.4 Å². The molecule has 1 fully saturated rings. The first-order valence-electron chi connectivity index (χ1n) is 5.06. The Labute approximate surface area is 87.7 Å². The van der Waals surface area contributed by atoms with Gasteiger partial charge >= 0.3 is 5.97 Å². The van der Waals surface area contributed by atoms with Gasteiger partial charge in [0.25, 0.3) is 0 Å². The van der Waals surface area contributed by atoms with Gasteiger partial charge in [-0.1, -0.05) is 13.3 Å². The van der Waals surface area contributed by atoms with Gasteiger partial charge in [-0.2, -0.15) is 0 Å². The van der Waals surface area contributed by atoms with Crippen molar-refractivity contribution in [1.29, 1.82) is 0 Å². The lowest BCUT2D eigenvalue weighted by atomic mass is 9.87. The minimum atomic E-state index is -0.852. The van der Waals surface area contributed by atoms with Crippen molar-refractivity contribution >= 4 is 16.8 Å². The first-order chi connectivity index (χ1) is 6.63. The zero-order valence-electron chi connectivity index (χ0n) is 8.82. The molecule has 0 aromatic carbocycles. The molecule has 0 aromatic rings. The van der Waals surface area contributed by atoms with Crippen molar-refractivity contribution in [2.24, 2.45) is 11.8 Å². The second-order valence-corrected chi connectivity index (χ2v) is 5.54. The van der Waals surface area contributed by atoms with Crippen LogP contribution in [0.2, 0.25) is 0 Å². The van der Waals surface area contributed by atoms with Crippen LogP contribution in [0.5, 0.6) is 0 Å². The van der Waals surface area contributed by atoms with Crippen LogP contribution < -0.4 is 0 Å². The van der Waals surface area contributed by atoms with E-state index in [1.54, 1.807) is 6.92 Å². The highest BCUT2D eigenvalue weighted by atomic mass is 32.2. The molecule has 14 heavy (non-hydrogen) atoms. The molecule has 0 bridgehead atoms. The van der Waals surface area contributed by atoms with Gasteiger partial charge in [0.2, 0.25) is 0 Å². The Morgan fingerprint density at radius 1 is 1.57 bits per heavy atom. The van der Waals surface area contributed by atoms with E-state index in [-0.39, 0.29) is 11.9 Å². The predicted molar refractivity (Wildman–Crippen MR) is 56.4 cm³/mol. The lowest BCUT2D eigenvalue weighted by Gasteiger charge is -2.24. The lowest BCUT2D eigenvalue weighted by Crippen LogP contribution is -2.25. The van der Waals surface area contributed by atoms with Gasteiger partial charge in [-0.15, -0.1) is 0 Å². The van der Waals surface area contributed by atoms with Crippen LogP contribution in [0.1, 0.15) is 26.2 Å². The number of hydrogen-bond acceptors (Lipinski definition) is 3. The second-order valence-electron chi connectivity index (χ2n) is 3.99. The Morgan fingerprint density at radius 3 is 2.64 bits per heavy atom.